The van der Waals surface area contributed by atoms with Gasteiger partial charge in [-0.15, -0.1) is 0 Å². The Hall–Kier alpha value is -1.35. The average Bonchev–Trinajstić information content (AvgIpc) is 2.47. The lowest BCUT2D eigenvalue weighted by Crippen LogP contribution is -3.17. The van der Waals surface area contributed by atoms with E-state index in [1.165, 1.54) is 23.3 Å². The quantitative estimate of drug-likeness (QED) is 0.877. The number of benzene rings is 1. The molecule has 3 nitrogen and oxygen atoms in total. The molecule has 1 fully saturated rings. The maximum absolute atomic E-state index is 12.4. The minimum atomic E-state index is 0.0255. The second-order valence-electron chi connectivity index (χ2n) is 6.85. The summed E-state index contributed by atoms with van der Waals surface area (Å²) in [6, 6.07) is 8.24. The number of amides is 1. The topological polar surface area (TPSA) is 33.5 Å². The summed E-state index contributed by atoms with van der Waals surface area (Å²) in [6.07, 6.45) is 2.53. The highest BCUT2D eigenvalue weighted by molar-refractivity contribution is 5.93. The molecule has 0 aromatic heterocycles. The summed E-state index contributed by atoms with van der Waals surface area (Å²) < 4.78 is 0. The van der Waals surface area contributed by atoms with Crippen LogP contribution in [0.1, 0.15) is 52.0 Å². The first kappa shape index (κ1) is 16.0. The van der Waals surface area contributed by atoms with Crippen molar-refractivity contribution in [2.24, 2.45) is 5.92 Å². The van der Waals surface area contributed by atoms with Crippen LogP contribution in [0.25, 0.3) is 0 Å². The molecule has 1 unspecified atom stereocenters. The van der Waals surface area contributed by atoms with Gasteiger partial charge in [0.2, 0.25) is 0 Å². The molecule has 1 saturated heterocycles. The Morgan fingerprint density at radius 3 is 2.48 bits per heavy atom. The summed E-state index contributed by atoms with van der Waals surface area (Å²) >= 11 is 0. The third kappa shape index (κ3) is 4.31. The fourth-order valence-electron chi connectivity index (χ4n) is 3.11. The van der Waals surface area contributed by atoms with Crippen LogP contribution in [0.4, 0.5) is 5.69 Å². The van der Waals surface area contributed by atoms with Gasteiger partial charge in [-0.2, -0.15) is 0 Å². The van der Waals surface area contributed by atoms with Crippen molar-refractivity contribution in [3.8, 4) is 0 Å². The molecule has 3 atom stereocenters. The largest absolute Gasteiger partial charge is 0.325 e. The van der Waals surface area contributed by atoms with E-state index in [0.717, 1.165) is 24.7 Å². The number of anilines is 1. The molecule has 3 heteroatoms. The lowest BCUT2D eigenvalue weighted by molar-refractivity contribution is -0.922. The maximum atomic E-state index is 12.4. The van der Waals surface area contributed by atoms with E-state index in [1.807, 2.05) is 19.1 Å². The Balaban J connectivity index is 1.93. The minimum absolute atomic E-state index is 0.0255. The van der Waals surface area contributed by atoms with Gasteiger partial charge in [0.25, 0.3) is 5.91 Å². The number of carbonyl (C=O) groups excluding carboxylic acids is 1. The van der Waals surface area contributed by atoms with Crippen LogP contribution in [0.3, 0.4) is 0 Å². The first-order valence-electron chi connectivity index (χ1n) is 8.22. The number of likely N-dealkylation sites (tertiary alicyclic amines) is 1. The molecular formula is C18H29N2O+. The van der Waals surface area contributed by atoms with Crippen LogP contribution in [-0.4, -0.2) is 25.0 Å². The molecular weight excluding hydrogens is 260 g/mol. The summed E-state index contributed by atoms with van der Waals surface area (Å²) in [4.78, 5) is 13.8. The van der Waals surface area contributed by atoms with Crippen LogP contribution < -0.4 is 10.2 Å². The molecule has 1 heterocycles. The molecule has 1 aromatic rings. The average molecular weight is 289 g/mol. The van der Waals surface area contributed by atoms with E-state index in [1.54, 1.807) is 0 Å². The van der Waals surface area contributed by atoms with Gasteiger partial charge in [0.15, 0.2) is 6.04 Å². The van der Waals surface area contributed by atoms with E-state index in [0.29, 0.717) is 5.92 Å². The smallest absolute Gasteiger partial charge is 0.282 e. The summed E-state index contributed by atoms with van der Waals surface area (Å²) in [5, 5.41) is 3.06. The molecule has 116 valence electrons. The van der Waals surface area contributed by atoms with Crippen molar-refractivity contribution < 1.29 is 9.69 Å². The first-order valence-corrected chi connectivity index (χ1v) is 8.22. The van der Waals surface area contributed by atoms with Crippen LogP contribution in [0.2, 0.25) is 0 Å². The number of quaternary nitrogens is 1. The molecule has 0 saturated carbocycles. The highest BCUT2D eigenvalue weighted by Crippen LogP contribution is 2.17. The van der Waals surface area contributed by atoms with Crippen LogP contribution >= 0.6 is 0 Å². The third-order valence-corrected chi connectivity index (χ3v) is 4.66. The van der Waals surface area contributed by atoms with Crippen molar-refractivity contribution >= 4 is 11.6 Å². The Kier molecular flexibility index (Phi) is 5.40. The molecule has 1 amide bonds. The Bertz CT molecular complexity index is 467. The van der Waals surface area contributed by atoms with Crippen molar-refractivity contribution in [3.63, 3.8) is 0 Å². The van der Waals surface area contributed by atoms with Gasteiger partial charge in [0.05, 0.1) is 13.1 Å². The van der Waals surface area contributed by atoms with E-state index >= 15 is 0 Å². The fraction of sp³-hybridized carbons (Fsp3) is 0.611. The number of hydrogen-bond donors (Lipinski definition) is 2. The first-order chi connectivity index (χ1) is 9.97. The van der Waals surface area contributed by atoms with Crippen molar-refractivity contribution in [2.45, 2.75) is 52.5 Å². The standard InChI is InChI=1S/C18H28N2O/c1-13(2)16-7-9-17(10-8-16)19-18(21)15(4)20-11-5-6-14(3)12-20/h7-10,13-15H,5-6,11-12H2,1-4H3,(H,19,21)/p+1/t14-,15-/m0/s1. The molecule has 21 heavy (non-hydrogen) atoms. The summed E-state index contributed by atoms with van der Waals surface area (Å²) in [6.45, 7) is 10.9. The van der Waals surface area contributed by atoms with Gasteiger partial charge >= 0.3 is 0 Å². The monoisotopic (exact) mass is 289 g/mol. The lowest BCUT2D eigenvalue weighted by Gasteiger charge is -2.31. The summed E-state index contributed by atoms with van der Waals surface area (Å²) in [7, 11) is 0. The van der Waals surface area contributed by atoms with Gasteiger partial charge in [0, 0.05) is 11.6 Å². The lowest BCUT2D eigenvalue weighted by atomic mass is 9.99. The van der Waals surface area contributed by atoms with Gasteiger partial charge in [-0.3, -0.25) is 4.79 Å². The summed E-state index contributed by atoms with van der Waals surface area (Å²) in [5.41, 5.74) is 2.21. The van der Waals surface area contributed by atoms with Crippen LogP contribution in [0.15, 0.2) is 24.3 Å². The molecule has 0 bridgehead atoms. The zero-order valence-electron chi connectivity index (χ0n) is 13.8. The van der Waals surface area contributed by atoms with Crippen molar-refractivity contribution in [1.29, 1.82) is 0 Å². The number of nitrogens with one attached hydrogen (secondary N) is 2. The van der Waals surface area contributed by atoms with Gasteiger partial charge in [-0.25, -0.2) is 0 Å². The van der Waals surface area contributed by atoms with Gasteiger partial charge in [-0.05, 0) is 43.4 Å². The number of rotatable bonds is 4. The molecule has 0 spiro atoms. The molecule has 1 aliphatic rings. The van der Waals surface area contributed by atoms with Crippen molar-refractivity contribution in [3.05, 3.63) is 29.8 Å². The molecule has 2 N–H and O–H groups in total. The highest BCUT2D eigenvalue weighted by atomic mass is 16.2. The third-order valence-electron chi connectivity index (χ3n) is 4.66. The van der Waals surface area contributed by atoms with E-state index in [4.69, 9.17) is 0 Å². The number of carbonyl (C=O) groups is 1. The van der Waals surface area contributed by atoms with Crippen molar-refractivity contribution in [2.75, 3.05) is 18.4 Å². The van der Waals surface area contributed by atoms with Gasteiger partial charge in [-0.1, -0.05) is 32.9 Å². The number of piperidine rings is 1. The molecule has 0 aliphatic carbocycles. The fourth-order valence-corrected chi connectivity index (χ4v) is 3.11. The Morgan fingerprint density at radius 2 is 1.90 bits per heavy atom. The minimum Gasteiger partial charge on any atom is -0.325 e. The maximum Gasteiger partial charge on any atom is 0.282 e. The number of hydrogen-bond acceptors (Lipinski definition) is 1. The second-order valence-corrected chi connectivity index (χ2v) is 6.85. The summed E-state index contributed by atoms with van der Waals surface area (Å²) in [5.74, 6) is 1.39. The second kappa shape index (κ2) is 7.08. The van der Waals surface area contributed by atoms with Crippen LogP contribution in [0.5, 0.6) is 0 Å². The Morgan fingerprint density at radius 1 is 1.24 bits per heavy atom. The van der Waals surface area contributed by atoms with Gasteiger partial charge < -0.3 is 10.2 Å². The predicted molar refractivity (Wildman–Crippen MR) is 87.7 cm³/mol. The van der Waals surface area contributed by atoms with E-state index in [-0.39, 0.29) is 11.9 Å². The highest BCUT2D eigenvalue weighted by Gasteiger charge is 2.29. The molecule has 0 radical (unpaired) electrons. The van der Waals surface area contributed by atoms with Gasteiger partial charge in [0.1, 0.15) is 0 Å². The van der Waals surface area contributed by atoms with Crippen molar-refractivity contribution in [1.82, 2.24) is 0 Å². The van der Waals surface area contributed by atoms with E-state index in [2.05, 4.69) is 38.2 Å². The SMILES string of the molecule is CC(C)c1ccc(NC(=O)[C@H](C)[NH+]2CCC[C@H](C)C2)cc1. The normalized spacial score (nSPS) is 23.9. The van der Waals surface area contributed by atoms with Crippen LogP contribution in [0, 0.1) is 5.92 Å². The molecule has 1 aliphatic heterocycles. The van der Waals surface area contributed by atoms with E-state index < -0.39 is 0 Å². The van der Waals surface area contributed by atoms with E-state index in [9.17, 15) is 4.79 Å². The Labute approximate surface area is 128 Å². The zero-order valence-corrected chi connectivity index (χ0v) is 13.8. The zero-order chi connectivity index (χ0) is 15.4. The molecule has 1 aromatic carbocycles. The molecule has 2 rings (SSSR count). The predicted octanol–water partition coefficient (Wildman–Crippen LogP) is 2.45. The van der Waals surface area contributed by atoms with Crippen LogP contribution in [-0.2, 0) is 4.79 Å².